The summed E-state index contributed by atoms with van der Waals surface area (Å²) in [7, 11) is 0. The fourth-order valence-corrected chi connectivity index (χ4v) is 6.03. The van der Waals surface area contributed by atoms with Crippen molar-refractivity contribution >= 4 is 46.3 Å². The van der Waals surface area contributed by atoms with Crippen LogP contribution in [-0.2, 0) is 36.9 Å². The molecular formula is C34H44F3N5O6S. The largest absolute Gasteiger partial charge is 0.490 e. The zero-order valence-corrected chi connectivity index (χ0v) is 28.7. The molecule has 3 aromatic rings. The predicted molar refractivity (Wildman–Crippen MR) is 181 cm³/mol. The molecule has 2 heterocycles. The standard InChI is InChI=1S/C32H43N5O4S.C2HF3O2/c1-23(2)41-32(40)29(15-17-42-3)35-30(38)21-36(19-25-10-6-9-24-8-4-5-12-28(24)25)20-27-11-7-16-37(27)31(39)14-13-26-18-33-22-34-26;3-2(4,5)1(6)7/h4-6,8-10,12,18,22-23,27,29H,7,11,13-17,19-21H2,1-3H3,(H,33,34)(H,35,38);(H,6,7)/t27-,29-;/m0./s1. The number of hydrogen-bond donors (Lipinski definition) is 3. The first-order valence-electron chi connectivity index (χ1n) is 16.0. The highest BCUT2D eigenvalue weighted by Crippen LogP contribution is 2.24. The molecule has 0 radical (unpaired) electrons. The molecule has 3 N–H and O–H groups in total. The zero-order chi connectivity index (χ0) is 36.0. The first-order valence-corrected chi connectivity index (χ1v) is 17.4. The third-order valence-electron chi connectivity index (χ3n) is 7.80. The summed E-state index contributed by atoms with van der Waals surface area (Å²) in [6.07, 6.45) is 3.38. The van der Waals surface area contributed by atoms with E-state index in [1.54, 1.807) is 38.1 Å². The molecule has 0 spiro atoms. The van der Waals surface area contributed by atoms with Crippen LogP contribution in [0.4, 0.5) is 13.2 Å². The van der Waals surface area contributed by atoms with Crippen molar-refractivity contribution in [3.05, 3.63) is 66.2 Å². The highest BCUT2D eigenvalue weighted by atomic mass is 32.2. The molecule has 1 aliphatic rings. The second-order valence-electron chi connectivity index (χ2n) is 12.0. The summed E-state index contributed by atoms with van der Waals surface area (Å²) in [6, 6.07) is 13.8. The Morgan fingerprint density at radius 2 is 1.88 bits per heavy atom. The second kappa shape index (κ2) is 19.2. The third kappa shape index (κ3) is 13.0. The number of esters is 1. The molecule has 1 saturated heterocycles. The van der Waals surface area contributed by atoms with Crippen LogP contribution in [0.1, 0.15) is 50.8 Å². The van der Waals surface area contributed by atoms with Crippen LogP contribution in [0.5, 0.6) is 0 Å². The first-order chi connectivity index (χ1) is 23.3. The molecule has 15 heteroatoms. The van der Waals surface area contributed by atoms with E-state index in [9.17, 15) is 27.6 Å². The summed E-state index contributed by atoms with van der Waals surface area (Å²) in [5.41, 5.74) is 2.06. The molecule has 0 aliphatic carbocycles. The maximum absolute atomic E-state index is 13.4. The van der Waals surface area contributed by atoms with E-state index < -0.39 is 24.2 Å². The number of imidazole rings is 1. The van der Waals surface area contributed by atoms with E-state index in [-0.39, 0.29) is 30.5 Å². The number of benzene rings is 2. The second-order valence-corrected chi connectivity index (χ2v) is 12.9. The number of likely N-dealkylation sites (tertiary alicyclic amines) is 1. The van der Waals surface area contributed by atoms with Crippen LogP contribution in [0, 0.1) is 0 Å². The molecule has 1 fully saturated rings. The fraction of sp³-hybridized carbons (Fsp3) is 0.500. The number of ether oxygens (including phenoxy) is 1. The minimum absolute atomic E-state index is 0.0141. The smallest absolute Gasteiger partial charge is 0.475 e. The number of H-pyrrole nitrogens is 1. The van der Waals surface area contributed by atoms with Crippen LogP contribution >= 0.6 is 11.8 Å². The van der Waals surface area contributed by atoms with Gasteiger partial charge in [-0.2, -0.15) is 24.9 Å². The Bertz CT molecular complexity index is 1520. The van der Waals surface area contributed by atoms with Gasteiger partial charge in [-0.05, 0) is 67.9 Å². The number of amides is 2. The van der Waals surface area contributed by atoms with Gasteiger partial charge in [0.25, 0.3) is 0 Å². The normalized spacial score (nSPS) is 15.2. The Morgan fingerprint density at radius 3 is 2.53 bits per heavy atom. The lowest BCUT2D eigenvalue weighted by Gasteiger charge is -2.31. The average molecular weight is 708 g/mol. The summed E-state index contributed by atoms with van der Waals surface area (Å²) in [5, 5.41) is 12.4. The molecular weight excluding hydrogens is 663 g/mol. The summed E-state index contributed by atoms with van der Waals surface area (Å²) in [5.74, 6) is -2.53. The van der Waals surface area contributed by atoms with Gasteiger partial charge >= 0.3 is 18.1 Å². The number of alkyl halides is 3. The third-order valence-corrected chi connectivity index (χ3v) is 8.44. The van der Waals surface area contributed by atoms with Crippen LogP contribution in [0.3, 0.4) is 0 Å². The summed E-state index contributed by atoms with van der Waals surface area (Å²) < 4.78 is 37.2. The number of thioether (sulfide) groups is 1. The van der Waals surface area contributed by atoms with E-state index in [0.717, 1.165) is 47.2 Å². The van der Waals surface area contributed by atoms with Crippen molar-refractivity contribution < 1.29 is 42.2 Å². The number of aliphatic carboxylic acids is 1. The molecule has 11 nitrogen and oxygen atoms in total. The summed E-state index contributed by atoms with van der Waals surface area (Å²) in [4.78, 5) is 59.5. The molecule has 1 aliphatic heterocycles. The molecule has 2 atom stereocenters. The highest BCUT2D eigenvalue weighted by molar-refractivity contribution is 7.98. The SMILES string of the molecule is CSCC[C@H](NC(=O)CN(Cc1cccc2ccccc12)C[C@@H]1CCCN1C(=O)CCc1cnc[nH]1)C(=O)OC(C)C.O=C(O)C(F)(F)F. The van der Waals surface area contributed by atoms with Crippen molar-refractivity contribution in [3.63, 3.8) is 0 Å². The van der Waals surface area contributed by atoms with Crippen LogP contribution in [-0.4, -0.2) is 105 Å². The lowest BCUT2D eigenvalue weighted by Crippen LogP contribution is -2.49. The number of halogens is 3. The van der Waals surface area contributed by atoms with E-state index >= 15 is 0 Å². The molecule has 2 amide bonds. The number of aromatic amines is 1. The van der Waals surface area contributed by atoms with Gasteiger partial charge < -0.3 is 25.0 Å². The average Bonchev–Trinajstić information content (AvgIpc) is 3.74. The maximum atomic E-state index is 13.4. The number of aryl methyl sites for hydroxylation is 1. The van der Waals surface area contributed by atoms with E-state index in [2.05, 4.69) is 44.5 Å². The van der Waals surface area contributed by atoms with E-state index in [1.165, 1.54) is 0 Å². The van der Waals surface area contributed by atoms with Crippen molar-refractivity contribution in [2.24, 2.45) is 0 Å². The quantitative estimate of drug-likeness (QED) is 0.190. The summed E-state index contributed by atoms with van der Waals surface area (Å²) >= 11 is 1.62. The summed E-state index contributed by atoms with van der Waals surface area (Å²) in [6.45, 7) is 5.56. The number of carboxylic acid groups (broad SMARTS) is 1. The maximum Gasteiger partial charge on any atom is 0.490 e. The molecule has 0 unspecified atom stereocenters. The van der Waals surface area contributed by atoms with Gasteiger partial charge in [-0.25, -0.2) is 14.6 Å². The number of carboxylic acids is 1. The Kier molecular flexibility index (Phi) is 15.4. The lowest BCUT2D eigenvalue weighted by molar-refractivity contribution is -0.192. The molecule has 0 bridgehead atoms. The van der Waals surface area contributed by atoms with Gasteiger partial charge in [-0.3, -0.25) is 14.5 Å². The van der Waals surface area contributed by atoms with Gasteiger partial charge in [0.05, 0.1) is 19.0 Å². The van der Waals surface area contributed by atoms with Crippen LogP contribution in [0.15, 0.2) is 55.0 Å². The van der Waals surface area contributed by atoms with Crippen LogP contribution in [0.25, 0.3) is 10.8 Å². The van der Waals surface area contributed by atoms with Gasteiger partial charge in [0.1, 0.15) is 6.04 Å². The molecule has 49 heavy (non-hydrogen) atoms. The Balaban J connectivity index is 0.000000838. The molecule has 268 valence electrons. The van der Waals surface area contributed by atoms with Gasteiger partial charge in [0.2, 0.25) is 11.8 Å². The first kappa shape index (κ1) is 39.3. The minimum Gasteiger partial charge on any atom is -0.475 e. The van der Waals surface area contributed by atoms with Crippen molar-refractivity contribution in [3.8, 4) is 0 Å². The Morgan fingerprint density at radius 1 is 1.16 bits per heavy atom. The zero-order valence-electron chi connectivity index (χ0n) is 27.9. The Labute approximate surface area is 288 Å². The Hall–Kier alpha value is -4.11. The van der Waals surface area contributed by atoms with Crippen LogP contribution < -0.4 is 5.32 Å². The highest BCUT2D eigenvalue weighted by Gasteiger charge is 2.38. The number of nitrogens with zero attached hydrogens (tertiary/aromatic N) is 3. The predicted octanol–water partition coefficient (Wildman–Crippen LogP) is 4.81. The fourth-order valence-electron chi connectivity index (χ4n) is 5.56. The number of aromatic nitrogens is 2. The van der Waals surface area contributed by atoms with E-state index in [0.29, 0.717) is 32.4 Å². The van der Waals surface area contributed by atoms with Gasteiger partial charge in [0, 0.05) is 44.0 Å². The lowest BCUT2D eigenvalue weighted by atomic mass is 10.0. The van der Waals surface area contributed by atoms with E-state index in [4.69, 9.17) is 14.6 Å². The number of fused-ring (bicyclic) bond motifs is 1. The number of carbonyl (C=O) groups excluding carboxylic acids is 3. The van der Waals surface area contributed by atoms with Crippen molar-refractivity contribution in [1.29, 1.82) is 0 Å². The minimum atomic E-state index is -5.08. The van der Waals surface area contributed by atoms with Crippen molar-refractivity contribution in [2.75, 3.05) is 31.6 Å². The number of carbonyl (C=O) groups is 4. The number of hydrogen-bond acceptors (Lipinski definition) is 8. The number of rotatable bonds is 15. The topological polar surface area (TPSA) is 145 Å². The molecule has 2 aromatic carbocycles. The molecule has 4 rings (SSSR count). The number of nitrogens with one attached hydrogen (secondary N) is 2. The van der Waals surface area contributed by atoms with Gasteiger partial charge in [0.15, 0.2) is 0 Å². The molecule has 0 saturated carbocycles. The van der Waals surface area contributed by atoms with Gasteiger partial charge in [-0.1, -0.05) is 42.5 Å². The van der Waals surface area contributed by atoms with Crippen LogP contribution in [0.2, 0.25) is 0 Å². The van der Waals surface area contributed by atoms with Crippen molar-refractivity contribution in [2.45, 2.75) is 76.9 Å². The van der Waals surface area contributed by atoms with Crippen molar-refractivity contribution in [1.82, 2.24) is 25.1 Å². The van der Waals surface area contributed by atoms with E-state index in [1.807, 2.05) is 29.4 Å². The monoisotopic (exact) mass is 707 g/mol. The van der Waals surface area contributed by atoms with Gasteiger partial charge in [-0.15, -0.1) is 0 Å². The molecule has 1 aromatic heterocycles.